The summed E-state index contributed by atoms with van der Waals surface area (Å²) in [6.45, 7) is 0.281. The quantitative estimate of drug-likeness (QED) is 0.562. The van der Waals surface area contributed by atoms with Gasteiger partial charge >= 0.3 is 5.76 Å². The molecule has 4 heterocycles. The van der Waals surface area contributed by atoms with Crippen LogP contribution >= 0.6 is 11.3 Å². The number of rotatable bonds is 4. The number of nitrogens with zero attached hydrogens (tertiary/aromatic N) is 6. The Hall–Kier alpha value is -3.07. The van der Waals surface area contributed by atoms with Gasteiger partial charge < -0.3 is 0 Å². The summed E-state index contributed by atoms with van der Waals surface area (Å²) >= 11 is 1.50. The Kier molecular flexibility index (Phi) is 3.54. The first-order chi connectivity index (χ1) is 11.7. The molecule has 0 amide bonds. The molecule has 0 aromatic carbocycles. The lowest BCUT2D eigenvalue weighted by Crippen LogP contribution is -2.16. The van der Waals surface area contributed by atoms with Crippen LogP contribution in [0.15, 0.2) is 51.6 Å². The summed E-state index contributed by atoms with van der Waals surface area (Å²) in [6, 6.07) is 3.60. The third kappa shape index (κ3) is 2.65. The maximum Gasteiger partial charge on any atom is 0.442 e. The smallest absolute Gasteiger partial charge is 0.295 e. The monoisotopic (exact) mass is 340 g/mol. The highest BCUT2D eigenvalue weighted by molar-refractivity contribution is 7.13. The van der Waals surface area contributed by atoms with Gasteiger partial charge in [-0.05, 0) is 12.1 Å². The minimum absolute atomic E-state index is 0.281. The molecule has 4 rings (SSSR count). The van der Waals surface area contributed by atoms with Crippen molar-refractivity contribution >= 4 is 11.3 Å². The first-order valence-corrected chi connectivity index (χ1v) is 7.99. The van der Waals surface area contributed by atoms with Gasteiger partial charge in [-0.15, -0.1) is 11.3 Å². The van der Waals surface area contributed by atoms with Gasteiger partial charge in [-0.2, -0.15) is 5.10 Å². The fraction of sp³-hybridized carbons (Fsp3) is 0.133. The van der Waals surface area contributed by atoms with Crippen LogP contribution in [0, 0.1) is 0 Å². The Morgan fingerprint density at radius 2 is 2.21 bits per heavy atom. The highest BCUT2D eigenvalue weighted by atomic mass is 32.1. The SMILES string of the molecule is Cn1cc(-c2nc(Cn3c(-c4cccnc4)noc3=O)cs2)cn1. The molecule has 24 heavy (non-hydrogen) atoms. The highest BCUT2D eigenvalue weighted by Crippen LogP contribution is 2.24. The maximum absolute atomic E-state index is 12.0. The summed E-state index contributed by atoms with van der Waals surface area (Å²) < 4.78 is 7.98. The molecule has 120 valence electrons. The van der Waals surface area contributed by atoms with E-state index in [1.165, 1.54) is 15.9 Å². The van der Waals surface area contributed by atoms with Crippen LogP contribution in [0.2, 0.25) is 0 Å². The molecule has 8 nitrogen and oxygen atoms in total. The molecule has 0 saturated heterocycles. The van der Waals surface area contributed by atoms with Crippen molar-refractivity contribution in [1.82, 2.24) is 29.5 Å². The lowest BCUT2D eigenvalue weighted by Gasteiger charge is -2.01. The van der Waals surface area contributed by atoms with E-state index in [2.05, 4.69) is 20.2 Å². The number of aryl methyl sites for hydroxylation is 1. The van der Waals surface area contributed by atoms with E-state index in [1.54, 1.807) is 29.3 Å². The molecular formula is C15H12N6O2S. The first kappa shape index (κ1) is 14.5. The van der Waals surface area contributed by atoms with Crippen molar-refractivity contribution < 1.29 is 4.52 Å². The van der Waals surface area contributed by atoms with Crippen molar-refractivity contribution in [1.29, 1.82) is 0 Å². The van der Waals surface area contributed by atoms with Crippen LogP contribution in [0.1, 0.15) is 5.69 Å². The lowest BCUT2D eigenvalue weighted by atomic mass is 10.2. The van der Waals surface area contributed by atoms with Crippen LogP contribution in [0.4, 0.5) is 0 Å². The fourth-order valence-electron chi connectivity index (χ4n) is 2.32. The van der Waals surface area contributed by atoms with Crippen LogP contribution in [0.3, 0.4) is 0 Å². The maximum atomic E-state index is 12.0. The van der Waals surface area contributed by atoms with Crippen LogP contribution in [0.25, 0.3) is 22.0 Å². The first-order valence-electron chi connectivity index (χ1n) is 7.11. The third-order valence-electron chi connectivity index (χ3n) is 3.43. The Balaban J connectivity index is 1.66. The second-order valence-corrected chi connectivity index (χ2v) is 6.00. The molecule has 0 saturated carbocycles. The molecular weight excluding hydrogens is 328 g/mol. The molecule has 0 unspecified atom stereocenters. The van der Waals surface area contributed by atoms with E-state index in [0.717, 1.165) is 16.3 Å². The molecule has 0 bridgehead atoms. The predicted octanol–water partition coefficient (Wildman–Crippen LogP) is 1.80. The van der Waals surface area contributed by atoms with Gasteiger partial charge in [0.25, 0.3) is 0 Å². The van der Waals surface area contributed by atoms with E-state index in [9.17, 15) is 4.79 Å². The zero-order valence-corrected chi connectivity index (χ0v) is 13.5. The van der Waals surface area contributed by atoms with Crippen LogP contribution in [0.5, 0.6) is 0 Å². The normalized spacial score (nSPS) is 11.0. The molecule has 0 atom stereocenters. The van der Waals surface area contributed by atoms with E-state index in [0.29, 0.717) is 11.4 Å². The van der Waals surface area contributed by atoms with E-state index >= 15 is 0 Å². The van der Waals surface area contributed by atoms with Gasteiger partial charge in [-0.25, -0.2) is 9.78 Å². The molecule has 4 aromatic heterocycles. The summed E-state index contributed by atoms with van der Waals surface area (Å²) in [5.74, 6) is -0.0891. The molecule has 0 aliphatic rings. The molecule has 0 spiro atoms. The number of hydrogen-bond acceptors (Lipinski definition) is 7. The van der Waals surface area contributed by atoms with Crippen LogP contribution in [-0.4, -0.2) is 29.5 Å². The minimum atomic E-state index is -0.523. The molecule has 0 aliphatic carbocycles. The number of thiazole rings is 1. The van der Waals surface area contributed by atoms with Crippen molar-refractivity contribution in [3.63, 3.8) is 0 Å². The third-order valence-corrected chi connectivity index (χ3v) is 4.37. The van der Waals surface area contributed by atoms with Crippen molar-refractivity contribution in [3.8, 4) is 22.0 Å². The Labute approximate surface area is 140 Å². The molecule has 0 N–H and O–H groups in total. The van der Waals surface area contributed by atoms with Gasteiger partial charge in [0.2, 0.25) is 0 Å². The standard InChI is InChI=1S/C15H12N6O2S/c1-20-7-11(6-17-20)14-18-12(9-24-14)8-21-13(19-23-15(21)22)10-3-2-4-16-5-10/h2-7,9H,8H2,1H3. The number of aromatic nitrogens is 6. The van der Waals surface area contributed by atoms with E-state index in [-0.39, 0.29) is 6.54 Å². The minimum Gasteiger partial charge on any atom is -0.295 e. The van der Waals surface area contributed by atoms with E-state index in [1.807, 2.05) is 24.7 Å². The highest BCUT2D eigenvalue weighted by Gasteiger charge is 2.15. The molecule has 0 radical (unpaired) electrons. The Morgan fingerprint density at radius 3 is 2.96 bits per heavy atom. The second kappa shape index (κ2) is 5.85. The van der Waals surface area contributed by atoms with Crippen molar-refractivity contribution in [2.45, 2.75) is 6.54 Å². The molecule has 9 heteroatoms. The average molecular weight is 340 g/mol. The van der Waals surface area contributed by atoms with Crippen LogP contribution in [-0.2, 0) is 13.6 Å². The fourth-order valence-corrected chi connectivity index (χ4v) is 3.10. The summed E-state index contributed by atoms with van der Waals surface area (Å²) in [7, 11) is 1.86. The molecule has 0 fully saturated rings. The van der Waals surface area contributed by atoms with Crippen molar-refractivity contribution in [2.24, 2.45) is 7.05 Å². The van der Waals surface area contributed by atoms with Crippen molar-refractivity contribution in [2.75, 3.05) is 0 Å². The predicted molar refractivity (Wildman–Crippen MR) is 87.4 cm³/mol. The molecule has 4 aromatic rings. The second-order valence-electron chi connectivity index (χ2n) is 5.15. The number of hydrogen-bond donors (Lipinski definition) is 0. The zero-order chi connectivity index (χ0) is 16.5. The van der Waals surface area contributed by atoms with Gasteiger partial charge in [-0.1, -0.05) is 5.16 Å². The van der Waals surface area contributed by atoms with Crippen molar-refractivity contribution in [3.05, 3.63) is 58.5 Å². The summed E-state index contributed by atoms with van der Waals surface area (Å²) in [5.41, 5.74) is 2.42. The number of pyridine rings is 1. The summed E-state index contributed by atoms with van der Waals surface area (Å²) in [5, 5.41) is 10.8. The van der Waals surface area contributed by atoms with Gasteiger partial charge in [0.1, 0.15) is 5.01 Å². The van der Waals surface area contributed by atoms with Gasteiger partial charge in [-0.3, -0.25) is 18.8 Å². The topological polar surface area (TPSA) is 91.6 Å². The Bertz CT molecular complexity index is 1030. The van der Waals surface area contributed by atoms with Gasteiger partial charge in [0.15, 0.2) is 5.82 Å². The Morgan fingerprint density at radius 1 is 1.29 bits per heavy atom. The molecule has 0 aliphatic heterocycles. The summed E-state index contributed by atoms with van der Waals surface area (Å²) in [4.78, 5) is 20.6. The van der Waals surface area contributed by atoms with E-state index < -0.39 is 5.76 Å². The van der Waals surface area contributed by atoms with Gasteiger partial charge in [0, 0.05) is 42.1 Å². The van der Waals surface area contributed by atoms with E-state index in [4.69, 9.17) is 4.52 Å². The van der Waals surface area contributed by atoms with Gasteiger partial charge in [0.05, 0.1) is 18.4 Å². The zero-order valence-electron chi connectivity index (χ0n) is 12.7. The van der Waals surface area contributed by atoms with Crippen LogP contribution < -0.4 is 5.76 Å². The average Bonchev–Trinajstić information content (AvgIpc) is 3.31. The largest absolute Gasteiger partial charge is 0.442 e. The lowest BCUT2D eigenvalue weighted by molar-refractivity contribution is 0.378. The summed E-state index contributed by atoms with van der Waals surface area (Å²) in [6.07, 6.45) is 6.95.